The minimum absolute atomic E-state index is 0.480. The van der Waals surface area contributed by atoms with Crippen LogP contribution in [0.2, 0.25) is 0 Å². The van der Waals surface area contributed by atoms with Crippen molar-refractivity contribution in [3.63, 3.8) is 0 Å². The maximum atomic E-state index is 2.52. The average Bonchev–Trinajstić information content (AvgIpc) is 3.77. The van der Waals surface area contributed by atoms with Crippen LogP contribution in [0.25, 0.3) is 59.6 Å². The number of anilines is 6. The molecule has 0 saturated carbocycles. The van der Waals surface area contributed by atoms with E-state index < -0.39 is 0 Å². The largest absolute Gasteiger partial charge is 0.310 e. The fourth-order valence-corrected chi connectivity index (χ4v) is 9.28. The number of hydrogen-bond acceptors (Lipinski definition) is 2. The van der Waals surface area contributed by atoms with Crippen molar-refractivity contribution >= 4 is 93.8 Å². The van der Waals surface area contributed by atoms with E-state index in [0.717, 1.165) is 34.1 Å². The molecular weight excluding hydrogens is 715 g/mol. The Balaban J connectivity index is 1.09. The Bertz CT molecular complexity index is 3090. The number of fused-ring (bicyclic) bond motifs is 8. The third-order valence-corrected chi connectivity index (χ3v) is 12.4. The monoisotopic (exact) mass is 759 g/mol. The molecule has 3 nitrogen and oxygen atoms in total. The predicted molar refractivity (Wildman–Crippen MR) is 254 cm³/mol. The van der Waals surface area contributed by atoms with Gasteiger partial charge in [0.1, 0.15) is 0 Å². The molecule has 0 radical (unpaired) electrons. The Labute approximate surface area is 345 Å². The van der Waals surface area contributed by atoms with Crippen molar-refractivity contribution in [2.24, 2.45) is 0 Å². The first kappa shape index (κ1) is 35.1. The summed E-state index contributed by atoms with van der Waals surface area (Å²) in [6.07, 6.45) is 0. The summed E-state index contributed by atoms with van der Waals surface area (Å²) in [5.74, 6) is 0.961. The van der Waals surface area contributed by atoms with Gasteiger partial charge in [-0.2, -0.15) is 0 Å². The number of para-hydroxylation sites is 3. The molecule has 0 atom stereocenters. The summed E-state index contributed by atoms with van der Waals surface area (Å²) in [7, 11) is 0. The molecule has 0 bridgehead atoms. The van der Waals surface area contributed by atoms with Crippen LogP contribution in [0.4, 0.5) is 34.1 Å². The van der Waals surface area contributed by atoms with Crippen LogP contribution in [0.3, 0.4) is 0 Å². The van der Waals surface area contributed by atoms with Crippen LogP contribution in [0.15, 0.2) is 188 Å². The molecule has 2 heterocycles. The third kappa shape index (κ3) is 5.80. The summed E-state index contributed by atoms with van der Waals surface area (Å²) in [4.78, 5) is 4.74. The van der Waals surface area contributed by atoms with E-state index in [4.69, 9.17) is 0 Å². The van der Waals surface area contributed by atoms with Crippen LogP contribution in [0.1, 0.15) is 50.7 Å². The lowest BCUT2D eigenvalue weighted by Crippen LogP contribution is -2.10. The fraction of sp³-hybridized carbons (Fsp3) is 0.107. The molecule has 9 aromatic carbocycles. The van der Waals surface area contributed by atoms with Gasteiger partial charge in [-0.3, -0.25) is 0 Å². The summed E-state index contributed by atoms with van der Waals surface area (Å²) in [6.45, 7) is 9.00. The van der Waals surface area contributed by atoms with E-state index in [-0.39, 0.29) is 0 Å². The molecule has 59 heavy (non-hydrogen) atoms. The predicted octanol–water partition coefficient (Wildman–Crippen LogP) is 16.3. The smallest absolute Gasteiger partial charge is 0.0620 e. The van der Waals surface area contributed by atoms with Gasteiger partial charge < -0.3 is 14.2 Å². The van der Waals surface area contributed by atoms with Gasteiger partial charge >= 0.3 is 0 Å². The van der Waals surface area contributed by atoms with Crippen molar-refractivity contribution in [3.05, 3.63) is 199 Å². The molecule has 0 spiro atoms. The molecule has 0 amide bonds. The highest BCUT2D eigenvalue weighted by atomic mass is 15.1. The van der Waals surface area contributed by atoms with Crippen LogP contribution in [-0.2, 0) is 0 Å². The molecule has 11 rings (SSSR count). The topological polar surface area (TPSA) is 10.9 Å². The van der Waals surface area contributed by atoms with E-state index in [1.807, 2.05) is 0 Å². The van der Waals surface area contributed by atoms with Crippen molar-refractivity contribution in [3.8, 4) is 0 Å². The van der Waals surface area contributed by atoms with Gasteiger partial charge in [0.05, 0.1) is 16.6 Å². The van der Waals surface area contributed by atoms with Crippen LogP contribution in [0, 0.1) is 0 Å². The normalized spacial score (nSPS) is 12.0. The quantitative estimate of drug-likeness (QED) is 0.153. The van der Waals surface area contributed by atoms with E-state index in [1.165, 1.54) is 70.8 Å². The van der Waals surface area contributed by atoms with E-state index >= 15 is 0 Å². The number of aromatic nitrogens is 1. The van der Waals surface area contributed by atoms with E-state index in [9.17, 15) is 0 Å². The van der Waals surface area contributed by atoms with Crippen LogP contribution in [-0.4, -0.2) is 4.40 Å². The first-order chi connectivity index (χ1) is 28.9. The molecule has 0 saturated heterocycles. The van der Waals surface area contributed by atoms with Gasteiger partial charge in [0.2, 0.25) is 0 Å². The van der Waals surface area contributed by atoms with Crippen LogP contribution >= 0.6 is 0 Å². The maximum absolute atomic E-state index is 2.52. The molecule has 0 fully saturated rings. The van der Waals surface area contributed by atoms with Gasteiger partial charge in [0, 0.05) is 55.7 Å². The maximum Gasteiger partial charge on any atom is 0.0620 e. The van der Waals surface area contributed by atoms with Crippen molar-refractivity contribution in [1.29, 1.82) is 0 Å². The SMILES string of the molecule is CC(C)c1ccc(N(c2ccccc2)c2ccc3cc4c5cccc6c7cc8ccc(N(c9ccccc9)c9ccc(C(C)C)cc9)cc8cc7n(c4cc3c2)c56)cc1. The summed E-state index contributed by atoms with van der Waals surface area (Å²) >= 11 is 0. The number of benzene rings is 9. The number of nitrogens with zero attached hydrogens (tertiary/aromatic N) is 3. The first-order valence-corrected chi connectivity index (χ1v) is 20.9. The minimum atomic E-state index is 0.480. The molecule has 11 aromatic rings. The Morgan fingerprint density at radius 1 is 0.322 bits per heavy atom. The second kappa shape index (κ2) is 13.8. The summed E-state index contributed by atoms with van der Waals surface area (Å²) in [5.41, 5.74) is 13.3. The molecular formula is C56H45N3. The first-order valence-electron chi connectivity index (χ1n) is 20.9. The van der Waals surface area contributed by atoms with E-state index in [2.05, 4.69) is 230 Å². The summed E-state index contributed by atoms with van der Waals surface area (Å²) in [5, 5.41) is 10.1. The molecule has 0 unspecified atom stereocenters. The molecule has 0 N–H and O–H groups in total. The second-order valence-electron chi connectivity index (χ2n) is 16.7. The van der Waals surface area contributed by atoms with Gasteiger partial charge in [-0.05, 0) is 142 Å². The molecule has 0 aliphatic rings. The number of rotatable bonds is 8. The zero-order valence-corrected chi connectivity index (χ0v) is 33.9. The Morgan fingerprint density at radius 3 is 1.12 bits per heavy atom. The number of hydrogen-bond donors (Lipinski definition) is 0. The standard InChI is InChI=1S/C56H45N3/c1-36(2)38-18-24-46(25-19-38)57(44-12-7-5-8-13-44)48-28-22-40-32-52-50-16-11-17-51-53-33-41-23-29-49(31-43(41)35-55(53)59(56(50)51)54(52)34-42(40)30-48)58(45-14-9-6-10-15-45)47-26-20-39(21-27-47)37(3)4/h5-37H,1-4H3. The average molecular weight is 760 g/mol. The van der Waals surface area contributed by atoms with Crippen molar-refractivity contribution in [1.82, 2.24) is 4.40 Å². The van der Waals surface area contributed by atoms with Gasteiger partial charge in [0.25, 0.3) is 0 Å². The van der Waals surface area contributed by atoms with E-state index in [0.29, 0.717) is 11.8 Å². The molecule has 2 aromatic heterocycles. The lowest BCUT2D eigenvalue weighted by Gasteiger charge is -2.26. The van der Waals surface area contributed by atoms with Crippen molar-refractivity contribution in [2.75, 3.05) is 9.80 Å². The van der Waals surface area contributed by atoms with Crippen molar-refractivity contribution < 1.29 is 0 Å². The van der Waals surface area contributed by atoms with Gasteiger partial charge in [-0.15, -0.1) is 0 Å². The lowest BCUT2D eigenvalue weighted by atomic mass is 10.0. The Hall–Kier alpha value is -7.10. The molecule has 284 valence electrons. The minimum Gasteiger partial charge on any atom is -0.310 e. The third-order valence-electron chi connectivity index (χ3n) is 12.4. The highest BCUT2D eigenvalue weighted by Gasteiger charge is 2.21. The van der Waals surface area contributed by atoms with Gasteiger partial charge in [0.15, 0.2) is 0 Å². The summed E-state index contributed by atoms with van der Waals surface area (Å²) in [6, 6.07) is 69.8. The summed E-state index contributed by atoms with van der Waals surface area (Å²) < 4.78 is 2.52. The second-order valence-corrected chi connectivity index (χ2v) is 16.7. The Morgan fingerprint density at radius 2 is 0.712 bits per heavy atom. The van der Waals surface area contributed by atoms with Crippen molar-refractivity contribution in [2.45, 2.75) is 39.5 Å². The zero-order valence-electron chi connectivity index (χ0n) is 33.9. The molecule has 3 heteroatoms. The van der Waals surface area contributed by atoms with Gasteiger partial charge in [-0.25, -0.2) is 0 Å². The lowest BCUT2D eigenvalue weighted by molar-refractivity contribution is 0.866. The van der Waals surface area contributed by atoms with E-state index in [1.54, 1.807) is 0 Å². The fourth-order valence-electron chi connectivity index (χ4n) is 9.28. The molecule has 0 aliphatic carbocycles. The van der Waals surface area contributed by atoms with Crippen LogP contribution < -0.4 is 9.80 Å². The molecule has 0 aliphatic heterocycles. The highest BCUT2D eigenvalue weighted by molar-refractivity contribution is 6.26. The van der Waals surface area contributed by atoms with Crippen LogP contribution in [0.5, 0.6) is 0 Å². The Kier molecular flexibility index (Phi) is 8.20. The zero-order chi connectivity index (χ0) is 39.8. The van der Waals surface area contributed by atoms with Gasteiger partial charge in [-0.1, -0.05) is 119 Å². The highest BCUT2D eigenvalue weighted by Crippen LogP contribution is 2.44.